The van der Waals surface area contributed by atoms with Crippen LogP contribution in [0.3, 0.4) is 0 Å². The Balaban J connectivity index is 1.78. The van der Waals surface area contributed by atoms with Crippen molar-refractivity contribution in [2.45, 2.75) is 57.5 Å². The van der Waals surface area contributed by atoms with Crippen molar-refractivity contribution < 1.29 is 29.0 Å². The Kier molecular flexibility index (Phi) is 7.74. The number of aryl methyl sites for hydroxylation is 1. The molecule has 0 spiro atoms. The summed E-state index contributed by atoms with van der Waals surface area (Å²) in [6, 6.07) is 4.34. The molecule has 1 unspecified atom stereocenters. The lowest BCUT2D eigenvalue weighted by molar-refractivity contribution is -0.144. The van der Waals surface area contributed by atoms with Gasteiger partial charge >= 0.3 is 0 Å². The number of amides is 3. The summed E-state index contributed by atoms with van der Waals surface area (Å²) >= 11 is 0. The van der Waals surface area contributed by atoms with E-state index in [9.17, 15) is 33.8 Å². The number of hydrogen-bond acceptors (Lipinski definition) is 8. The van der Waals surface area contributed by atoms with Crippen LogP contribution in [0.2, 0.25) is 0 Å². The first-order chi connectivity index (χ1) is 18.7. The fourth-order valence-electron chi connectivity index (χ4n) is 5.61. The summed E-state index contributed by atoms with van der Waals surface area (Å²) < 4.78 is 14.8. The second kappa shape index (κ2) is 10.6. The zero-order chi connectivity index (χ0) is 29.6. The van der Waals surface area contributed by atoms with E-state index in [1.165, 1.54) is 40.6 Å². The molecule has 1 aromatic carbocycles. The van der Waals surface area contributed by atoms with Crippen LogP contribution in [0.4, 0.5) is 4.39 Å². The highest BCUT2D eigenvalue weighted by Gasteiger charge is 2.55. The summed E-state index contributed by atoms with van der Waals surface area (Å²) in [5, 5.41) is 26.6. The quantitative estimate of drug-likeness (QED) is 0.351. The normalized spacial score (nSPS) is 22.3. The van der Waals surface area contributed by atoms with Crippen molar-refractivity contribution in [1.29, 1.82) is 0 Å². The number of halogens is 1. The molecule has 3 amide bonds. The molecule has 2 aromatic rings. The van der Waals surface area contributed by atoms with Gasteiger partial charge in [-0.25, -0.2) is 9.37 Å². The monoisotopic (exact) mass is 558 g/mol. The Morgan fingerprint density at radius 3 is 2.38 bits per heavy atom. The third kappa shape index (κ3) is 5.06. The maximum Gasteiger partial charge on any atom is 0.296 e. The third-order valence-corrected chi connectivity index (χ3v) is 7.93. The van der Waals surface area contributed by atoms with Crippen molar-refractivity contribution in [1.82, 2.24) is 30.0 Å². The fourth-order valence-corrected chi connectivity index (χ4v) is 5.61. The van der Waals surface area contributed by atoms with Crippen LogP contribution in [0.5, 0.6) is 5.75 Å². The summed E-state index contributed by atoms with van der Waals surface area (Å²) in [5.74, 6) is -3.02. The first-order valence-corrected chi connectivity index (χ1v) is 13.0. The molecule has 1 aliphatic carbocycles. The zero-order valence-electron chi connectivity index (χ0n) is 23.2. The predicted molar refractivity (Wildman–Crippen MR) is 142 cm³/mol. The van der Waals surface area contributed by atoms with E-state index in [2.05, 4.69) is 15.6 Å². The molecule has 40 heavy (non-hydrogen) atoms. The van der Waals surface area contributed by atoms with Gasteiger partial charge in [0.2, 0.25) is 11.7 Å². The number of carbonyl (C=O) groups is 3. The molecule has 1 saturated carbocycles. The number of nitrogens with zero attached hydrogens (tertiary/aromatic N) is 4. The Hall–Kier alpha value is -3.84. The number of carbonyl (C=O) groups excluding carboxylic acids is 3. The topological polar surface area (TPSA) is 157 Å². The highest BCUT2D eigenvalue weighted by atomic mass is 19.1. The number of aliphatic hydroxyl groups is 1. The van der Waals surface area contributed by atoms with Gasteiger partial charge in [0.05, 0.1) is 11.0 Å². The second-order valence-electron chi connectivity index (χ2n) is 11.2. The molecule has 1 fully saturated rings. The number of benzene rings is 1. The van der Waals surface area contributed by atoms with Gasteiger partial charge in [-0.15, -0.1) is 0 Å². The first-order valence-electron chi connectivity index (χ1n) is 13.0. The average molecular weight is 559 g/mol. The molecule has 0 radical (unpaired) electrons. The van der Waals surface area contributed by atoms with Gasteiger partial charge in [0, 0.05) is 27.2 Å². The van der Waals surface area contributed by atoms with Gasteiger partial charge in [-0.1, -0.05) is 12.1 Å². The lowest BCUT2D eigenvalue weighted by Gasteiger charge is -2.42. The second-order valence-corrected chi connectivity index (χ2v) is 11.2. The number of aromatic hydroxyl groups is 1. The Bertz CT molecular complexity index is 1410. The highest BCUT2D eigenvalue weighted by molar-refractivity contribution is 5.94. The summed E-state index contributed by atoms with van der Waals surface area (Å²) in [5.41, 5.74) is -2.72. The number of aliphatic hydroxyl groups excluding tert-OH is 1. The van der Waals surface area contributed by atoms with E-state index < -0.39 is 46.0 Å². The van der Waals surface area contributed by atoms with Gasteiger partial charge in [0.25, 0.3) is 17.4 Å². The van der Waals surface area contributed by atoms with Crippen LogP contribution >= 0.6 is 0 Å². The highest BCUT2D eigenvalue weighted by Crippen LogP contribution is 2.50. The van der Waals surface area contributed by atoms with E-state index in [1.54, 1.807) is 27.1 Å². The smallest absolute Gasteiger partial charge is 0.296 e. The molecule has 1 aromatic heterocycles. The summed E-state index contributed by atoms with van der Waals surface area (Å²) in [6.45, 7) is 1.48. The molecule has 1 atom stereocenters. The molecular formula is C27H35FN6O6. The SMILES string of the molecule is Cc1cc(CNC(=O)c2nc3n(c(=O)c2O)CC2(C(=O)N(C)C)CCC3(NC(=O)C(O)N(C)C)CC2)ccc1F. The van der Waals surface area contributed by atoms with Gasteiger partial charge < -0.3 is 25.7 Å². The fraction of sp³-hybridized carbons (Fsp3) is 0.519. The minimum Gasteiger partial charge on any atom is -0.501 e. The van der Waals surface area contributed by atoms with Gasteiger partial charge in [-0.3, -0.25) is 28.6 Å². The molecule has 2 aliphatic heterocycles. The van der Waals surface area contributed by atoms with E-state index in [0.29, 0.717) is 24.0 Å². The van der Waals surface area contributed by atoms with E-state index in [-0.39, 0.29) is 43.5 Å². The van der Waals surface area contributed by atoms with Crippen LogP contribution in [0.1, 0.15) is 53.1 Å². The van der Waals surface area contributed by atoms with Gasteiger partial charge in [0.1, 0.15) is 11.6 Å². The molecule has 216 valence electrons. The largest absolute Gasteiger partial charge is 0.501 e. The summed E-state index contributed by atoms with van der Waals surface area (Å²) in [7, 11) is 6.29. The number of likely N-dealkylation sites (N-methyl/N-ethyl adjacent to an activating group) is 1. The van der Waals surface area contributed by atoms with Crippen molar-refractivity contribution in [2.24, 2.45) is 5.41 Å². The summed E-state index contributed by atoms with van der Waals surface area (Å²) in [4.78, 5) is 60.2. The van der Waals surface area contributed by atoms with Crippen molar-refractivity contribution in [3.8, 4) is 5.75 Å². The third-order valence-electron chi connectivity index (χ3n) is 7.93. The molecule has 13 heteroatoms. The van der Waals surface area contributed by atoms with E-state index in [1.807, 2.05) is 0 Å². The molecule has 5 rings (SSSR count). The molecule has 4 N–H and O–H groups in total. The van der Waals surface area contributed by atoms with Crippen LogP contribution in [-0.4, -0.2) is 81.7 Å². The number of fused-ring (bicyclic) bond motifs is 2. The minimum atomic E-state index is -1.49. The van der Waals surface area contributed by atoms with Crippen molar-refractivity contribution >= 4 is 17.7 Å². The van der Waals surface area contributed by atoms with Crippen LogP contribution in [0.15, 0.2) is 23.0 Å². The van der Waals surface area contributed by atoms with E-state index in [0.717, 1.165) is 0 Å². The average Bonchev–Trinajstić information content (AvgIpc) is 3.14. The van der Waals surface area contributed by atoms with Crippen molar-refractivity contribution in [3.05, 3.63) is 57.0 Å². The first kappa shape index (κ1) is 29.2. The number of aromatic nitrogens is 2. The molecule has 2 bridgehead atoms. The lowest BCUT2D eigenvalue weighted by Crippen LogP contribution is -2.56. The summed E-state index contributed by atoms with van der Waals surface area (Å²) in [6.07, 6.45) is -0.460. The van der Waals surface area contributed by atoms with Gasteiger partial charge in [-0.05, 0) is 63.9 Å². The van der Waals surface area contributed by atoms with Crippen molar-refractivity contribution in [2.75, 3.05) is 28.2 Å². The minimum absolute atomic E-state index is 0.0170. The number of rotatable bonds is 7. The Morgan fingerprint density at radius 1 is 1.15 bits per heavy atom. The molecule has 3 heterocycles. The molecule has 0 saturated heterocycles. The van der Waals surface area contributed by atoms with E-state index in [4.69, 9.17) is 0 Å². The molecule has 12 nitrogen and oxygen atoms in total. The lowest BCUT2D eigenvalue weighted by atomic mass is 9.67. The zero-order valence-corrected chi connectivity index (χ0v) is 23.2. The standard InChI is InChI=1S/C27H35FN6O6/c1-15-12-16(6-7-17(15)28)13-29-20(36)18-19(35)22(38)34-14-26(25(40)33(4)5)8-10-27(11-9-26,24(34)30-18)31-21(37)23(39)32(2)3/h6-7,12,23,35,39H,8-11,13-14H2,1-5H3,(H,29,36)(H,31,37). The Labute approximate surface area is 230 Å². The number of nitrogens with one attached hydrogen (secondary N) is 2. The van der Waals surface area contributed by atoms with Crippen LogP contribution in [0, 0.1) is 18.2 Å². The predicted octanol–water partition coefficient (Wildman–Crippen LogP) is 0.180. The van der Waals surface area contributed by atoms with Crippen molar-refractivity contribution in [3.63, 3.8) is 0 Å². The molecule has 3 aliphatic rings. The van der Waals surface area contributed by atoms with Crippen LogP contribution in [-0.2, 0) is 28.2 Å². The molecular weight excluding hydrogens is 523 g/mol. The van der Waals surface area contributed by atoms with Gasteiger partial charge in [0.15, 0.2) is 11.9 Å². The van der Waals surface area contributed by atoms with Crippen LogP contribution < -0.4 is 16.2 Å². The maximum absolute atomic E-state index is 13.6. The maximum atomic E-state index is 13.6. The van der Waals surface area contributed by atoms with E-state index >= 15 is 0 Å². The van der Waals surface area contributed by atoms with Crippen LogP contribution in [0.25, 0.3) is 0 Å². The Morgan fingerprint density at radius 2 is 1.80 bits per heavy atom. The number of hydrogen-bond donors (Lipinski definition) is 4. The van der Waals surface area contributed by atoms with Gasteiger partial charge in [-0.2, -0.15) is 0 Å².